The number of carboxylic acid groups (broad SMARTS) is 1. The molecule has 0 radical (unpaired) electrons. The highest BCUT2D eigenvalue weighted by Crippen LogP contribution is 2.17. The number of fused-ring (bicyclic) bond motifs is 2. The first kappa shape index (κ1) is 44.0. The van der Waals surface area contributed by atoms with Gasteiger partial charge in [0.05, 0.1) is 26.9 Å². The van der Waals surface area contributed by atoms with Gasteiger partial charge in [-0.25, -0.2) is 19.6 Å². The van der Waals surface area contributed by atoms with Crippen molar-refractivity contribution in [3.05, 3.63) is 103 Å². The van der Waals surface area contributed by atoms with E-state index in [9.17, 15) is 38.4 Å². The number of halogens is 1. The van der Waals surface area contributed by atoms with Crippen molar-refractivity contribution in [1.29, 1.82) is 0 Å². The van der Waals surface area contributed by atoms with Crippen LogP contribution in [0, 0.1) is 0 Å². The molecule has 4 heterocycles. The number of aryl methyl sites for hydroxylation is 2. The van der Waals surface area contributed by atoms with Crippen molar-refractivity contribution in [2.45, 2.75) is 13.1 Å². The number of nitrogens with zero attached hydrogens (tertiary/aromatic N) is 10. The Morgan fingerprint density at radius 1 is 0.807 bits per heavy atom. The highest BCUT2D eigenvalue weighted by Gasteiger charge is 2.17. The van der Waals surface area contributed by atoms with Gasteiger partial charge in [-0.3, -0.25) is 52.1 Å². The summed E-state index contributed by atoms with van der Waals surface area (Å²) in [7, 11) is 10.2. The van der Waals surface area contributed by atoms with Gasteiger partial charge in [0.15, 0.2) is 22.3 Å². The third-order valence-corrected chi connectivity index (χ3v) is 7.94. The lowest BCUT2D eigenvalue weighted by atomic mass is 10.2. The Hall–Kier alpha value is -7.36. The molecule has 0 unspecified atom stereocenters. The largest absolute Gasteiger partial charge is 0.480 e. The van der Waals surface area contributed by atoms with E-state index in [4.69, 9.17) is 17.0 Å². The smallest absolute Gasteiger partial charge is 0.332 e. The second-order valence-corrected chi connectivity index (χ2v) is 12.0. The van der Waals surface area contributed by atoms with Gasteiger partial charge in [-0.2, -0.15) is 0 Å². The number of carbonyl (C=O) groups is 3. The minimum absolute atomic E-state index is 0.108. The van der Waals surface area contributed by atoms with Crippen LogP contribution in [-0.4, -0.2) is 94.6 Å². The maximum Gasteiger partial charge on any atom is 0.332 e. The van der Waals surface area contributed by atoms with Crippen molar-refractivity contribution in [1.82, 2.24) is 37.4 Å². The molecule has 0 fully saturated rings. The van der Waals surface area contributed by atoms with E-state index in [1.165, 1.54) is 66.2 Å². The molecule has 0 aliphatic carbocycles. The van der Waals surface area contributed by atoms with Crippen molar-refractivity contribution in [3.63, 3.8) is 0 Å². The summed E-state index contributed by atoms with van der Waals surface area (Å²) in [6.07, 6.45) is 2.59. The van der Waals surface area contributed by atoms with E-state index in [1.54, 1.807) is 24.3 Å². The lowest BCUT2D eigenvalue weighted by Gasteiger charge is -2.12. The van der Waals surface area contributed by atoms with Gasteiger partial charge in [-0.05, 0) is 36.4 Å². The van der Waals surface area contributed by atoms with Crippen LogP contribution in [0.3, 0.4) is 0 Å². The van der Waals surface area contributed by atoms with Crippen LogP contribution >= 0.6 is 0 Å². The Bertz CT molecular complexity index is 2610. The van der Waals surface area contributed by atoms with Gasteiger partial charge in [-0.15, -0.1) is 0 Å². The lowest BCUT2D eigenvalue weighted by molar-refractivity contribution is -0.137. The predicted octanol–water partition coefficient (Wildman–Crippen LogP) is 0.152. The second kappa shape index (κ2) is 20.4. The lowest BCUT2D eigenvalue weighted by Crippen LogP contribution is -2.37. The standard InChI is InChI=1S/C16H18N6O4.C9H10N4O4.C8H12N2.CH3F.CH2O/c1-19-14-13(15(24)20(2)16(19)25)22(9-17-14)8-12(23)18-10-5-4-6-11(7-10)21(3)26;1-11-7-6(8(16)12(2)9(11)17)13(4-10-7)3-5(14)15;1-10(2)8-5-3-4-7(9)6-8;2*1-2/h4-7,9,26H,8H2,1-3H3,(H,18,23);4H,3H2,1-2H3,(H,14,15);3-6H,9H2,1-2H3;1H3;1H2/i;;;1D;. The molecular weight excluding hydrogens is 751 g/mol. The van der Waals surface area contributed by atoms with Crippen LogP contribution in [0.2, 0.25) is 0 Å². The first-order valence-electron chi connectivity index (χ1n) is 17.0. The molecule has 2 aromatic carbocycles. The van der Waals surface area contributed by atoms with Crippen molar-refractivity contribution in [2.24, 2.45) is 28.2 Å². The molecule has 0 spiro atoms. The third-order valence-electron chi connectivity index (χ3n) is 7.94. The molecular formula is C35H45FN12O9. The average molecular weight is 798 g/mol. The summed E-state index contributed by atoms with van der Waals surface area (Å²) < 4.78 is 22.5. The summed E-state index contributed by atoms with van der Waals surface area (Å²) in [6, 6.07) is 14.5. The summed E-state index contributed by atoms with van der Waals surface area (Å²) in [4.78, 5) is 88.7. The quantitative estimate of drug-likeness (QED) is 0.124. The van der Waals surface area contributed by atoms with Crippen LogP contribution < -0.4 is 43.5 Å². The summed E-state index contributed by atoms with van der Waals surface area (Å²) in [6.45, 7) is 1.48. The molecule has 0 saturated heterocycles. The van der Waals surface area contributed by atoms with E-state index < -0.39 is 35.6 Å². The van der Waals surface area contributed by atoms with Gasteiger partial charge >= 0.3 is 17.3 Å². The number of nitrogens with one attached hydrogen (secondary N) is 1. The first-order valence-corrected chi connectivity index (χ1v) is 16.3. The van der Waals surface area contributed by atoms with Crippen molar-refractivity contribution in [2.75, 3.05) is 49.3 Å². The van der Waals surface area contributed by atoms with Gasteiger partial charge in [0.1, 0.15) is 19.9 Å². The van der Waals surface area contributed by atoms with E-state index in [2.05, 4.69) is 15.3 Å². The van der Waals surface area contributed by atoms with Gasteiger partial charge in [0, 0.05) is 66.4 Å². The molecule has 306 valence electrons. The highest BCUT2D eigenvalue weighted by atomic mass is 19.1. The molecule has 6 aromatic rings. The molecule has 21 nitrogen and oxygen atoms in total. The normalized spacial score (nSPS) is 10.3. The predicted molar refractivity (Wildman–Crippen MR) is 213 cm³/mol. The van der Waals surface area contributed by atoms with E-state index in [0.29, 0.717) is 11.4 Å². The zero-order valence-electron chi connectivity index (χ0n) is 33.3. The van der Waals surface area contributed by atoms with E-state index in [-0.39, 0.29) is 41.3 Å². The topological polar surface area (TPSA) is 260 Å². The number of alkyl halides is 1. The number of anilines is 4. The number of amides is 1. The third kappa shape index (κ3) is 10.9. The molecule has 0 aliphatic rings. The summed E-state index contributed by atoms with van der Waals surface area (Å²) >= 11 is 0. The van der Waals surface area contributed by atoms with Gasteiger partial charge in [0.2, 0.25) is 5.91 Å². The number of carboxylic acids is 1. The second-order valence-electron chi connectivity index (χ2n) is 12.0. The number of carbonyl (C=O) groups excluding carboxylic acids is 2. The highest BCUT2D eigenvalue weighted by molar-refractivity contribution is 5.92. The van der Waals surface area contributed by atoms with E-state index >= 15 is 0 Å². The molecule has 4 aromatic heterocycles. The number of benzene rings is 2. The number of aliphatic carboxylic acids is 1. The first-order chi connectivity index (χ1) is 27.3. The van der Waals surface area contributed by atoms with Gasteiger partial charge in [-0.1, -0.05) is 12.1 Å². The number of hydroxylamine groups is 1. The Kier molecular flexibility index (Phi) is 15.7. The Morgan fingerprint density at radius 2 is 1.26 bits per heavy atom. The Labute approximate surface area is 324 Å². The summed E-state index contributed by atoms with van der Waals surface area (Å²) in [5.41, 5.74) is 7.16. The Balaban J connectivity index is 0.000000310. The Morgan fingerprint density at radius 3 is 1.68 bits per heavy atom. The number of nitrogen functional groups attached to an aromatic ring is 1. The number of imidazole rings is 2. The minimum atomic E-state index is -1.08. The van der Waals surface area contributed by atoms with E-state index in [1.807, 2.05) is 50.0 Å². The van der Waals surface area contributed by atoms with E-state index in [0.717, 1.165) is 25.6 Å². The molecule has 22 heteroatoms. The fourth-order valence-corrected chi connectivity index (χ4v) is 5.12. The zero-order valence-corrected chi connectivity index (χ0v) is 32.3. The van der Waals surface area contributed by atoms with Crippen LogP contribution in [0.4, 0.5) is 27.1 Å². The fraction of sp³-hybridized carbons (Fsp3) is 0.286. The van der Waals surface area contributed by atoms with Crippen molar-refractivity contribution >= 4 is 63.7 Å². The van der Waals surface area contributed by atoms with Gasteiger partial charge in [0.25, 0.3) is 11.1 Å². The molecule has 6 rings (SSSR count). The molecule has 0 saturated carbocycles. The SMILES string of the molecule is C=O.CN(C)c1cccc(N)c1.CN(O)c1cccc(NC(=O)Cn2cnc3c2c(=O)n(C)c(=O)n3C)c1.Cn1c(=O)c2c(ncn2CC(=O)O)n(C)c1=O.[2H]CF. The number of aromatic nitrogens is 8. The minimum Gasteiger partial charge on any atom is -0.480 e. The molecule has 57 heavy (non-hydrogen) atoms. The zero-order chi connectivity index (χ0) is 44.0. The molecule has 5 N–H and O–H groups in total. The molecule has 1 amide bonds. The maximum absolute atomic E-state index is 12.4. The van der Waals surface area contributed by atoms with Crippen LogP contribution in [0.15, 0.2) is 80.4 Å². The number of hydrogen-bond donors (Lipinski definition) is 4. The summed E-state index contributed by atoms with van der Waals surface area (Å²) in [5.74, 6) is -1.46. The van der Waals surface area contributed by atoms with Gasteiger partial charge < -0.3 is 35.0 Å². The molecule has 0 aliphatic heterocycles. The monoisotopic (exact) mass is 797 g/mol. The van der Waals surface area contributed by atoms with Crippen LogP contribution in [-0.2, 0) is 55.7 Å². The number of rotatable bonds is 7. The van der Waals surface area contributed by atoms with Crippen LogP contribution in [0.1, 0.15) is 1.37 Å². The fourth-order valence-electron chi connectivity index (χ4n) is 5.12. The van der Waals surface area contributed by atoms with Crippen molar-refractivity contribution in [3.8, 4) is 0 Å². The average Bonchev–Trinajstić information content (AvgIpc) is 3.80. The van der Waals surface area contributed by atoms with Crippen LogP contribution in [0.5, 0.6) is 0 Å². The molecule has 0 atom stereocenters. The van der Waals surface area contributed by atoms with Crippen molar-refractivity contribution < 1.29 is 30.5 Å². The number of nitrogens with two attached hydrogens (primary N) is 1. The van der Waals surface area contributed by atoms with Crippen LogP contribution in [0.25, 0.3) is 22.3 Å². The number of hydrogen-bond acceptors (Lipinski definition) is 13. The summed E-state index contributed by atoms with van der Waals surface area (Å²) in [5, 5.41) is 21.8. The maximum atomic E-state index is 12.4. The molecule has 0 bridgehead atoms.